The van der Waals surface area contributed by atoms with Crippen LogP contribution in [0, 0.1) is 0 Å². The summed E-state index contributed by atoms with van der Waals surface area (Å²) < 4.78 is 0. The zero-order chi connectivity index (χ0) is 18.5. The first kappa shape index (κ1) is 15.2. The Balaban J connectivity index is 1.70. The normalized spacial score (nSPS) is 14.9. The fraction of sp³-hybridized carbons (Fsp3) is 0. The number of benzene rings is 3. The lowest BCUT2D eigenvalue weighted by Gasteiger charge is -2.38. The lowest BCUT2D eigenvalue weighted by Crippen LogP contribution is -2.35. The number of hydrogen-bond acceptors (Lipinski definition) is 3. The number of pyridine rings is 1. The van der Waals surface area contributed by atoms with Gasteiger partial charge in [0.05, 0.1) is 11.2 Å². The molecular weight excluding hydrogens is 342 g/mol. The van der Waals surface area contributed by atoms with Crippen LogP contribution in [-0.4, -0.2) is 9.99 Å². The maximum atomic E-state index is 4.73. The molecule has 0 atom stereocenters. The van der Waals surface area contributed by atoms with Crippen LogP contribution in [0.25, 0.3) is 27.2 Å². The van der Waals surface area contributed by atoms with E-state index in [4.69, 9.17) is 4.98 Å². The fourth-order valence-corrected chi connectivity index (χ4v) is 4.18. The molecule has 3 heterocycles. The third-order valence-electron chi connectivity index (χ3n) is 5.43. The van der Waals surface area contributed by atoms with Gasteiger partial charge in [0.1, 0.15) is 0 Å². The number of anilines is 1. The van der Waals surface area contributed by atoms with Crippen LogP contribution in [0.5, 0.6) is 0 Å². The van der Waals surface area contributed by atoms with Crippen LogP contribution >= 0.6 is 0 Å². The summed E-state index contributed by atoms with van der Waals surface area (Å²) in [5, 5.41) is 7.90. The molecule has 2 aliphatic rings. The van der Waals surface area contributed by atoms with E-state index in [-0.39, 0.29) is 0 Å². The Morgan fingerprint density at radius 3 is 2.54 bits per heavy atom. The molecule has 0 aliphatic carbocycles. The molecule has 3 heteroatoms. The minimum absolute atomic E-state index is 1.02. The van der Waals surface area contributed by atoms with Crippen molar-refractivity contribution < 1.29 is 0 Å². The largest absolute Gasteiger partial charge is 0.264 e. The lowest BCUT2D eigenvalue weighted by molar-refractivity contribution is 0.503. The lowest BCUT2D eigenvalue weighted by atomic mass is 9.91. The van der Waals surface area contributed by atoms with Crippen molar-refractivity contribution in [3.05, 3.63) is 115 Å². The summed E-state index contributed by atoms with van der Waals surface area (Å²) in [5.41, 5.74) is 5.82. The Morgan fingerprint density at radius 2 is 1.54 bits per heavy atom. The molecule has 0 spiro atoms. The third kappa shape index (κ3) is 2.13. The van der Waals surface area contributed by atoms with Gasteiger partial charge in [-0.3, -0.25) is 15.0 Å². The molecule has 1 aromatic heterocycles. The van der Waals surface area contributed by atoms with E-state index in [0.717, 1.165) is 10.9 Å². The summed E-state index contributed by atoms with van der Waals surface area (Å²) >= 11 is 0. The maximum Gasteiger partial charge on any atom is 0.0714 e. The van der Waals surface area contributed by atoms with Gasteiger partial charge in [0.25, 0.3) is 0 Å². The molecule has 132 valence electrons. The van der Waals surface area contributed by atoms with Crippen molar-refractivity contribution in [2.45, 2.75) is 0 Å². The molecule has 3 aromatic carbocycles. The summed E-state index contributed by atoms with van der Waals surface area (Å²) in [7, 11) is 0. The van der Waals surface area contributed by atoms with Crippen LogP contribution in [0.4, 0.5) is 5.69 Å². The highest BCUT2D eigenvalue weighted by Gasteiger charge is 2.24. The third-order valence-corrected chi connectivity index (χ3v) is 5.43. The van der Waals surface area contributed by atoms with Crippen LogP contribution in [0.2, 0.25) is 0 Å². The van der Waals surface area contributed by atoms with Crippen LogP contribution in [0.15, 0.2) is 104 Å². The van der Waals surface area contributed by atoms with Gasteiger partial charge in [0.2, 0.25) is 0 Å². The van der Waals surface area contributed by atoms with Gasteiger partial charge >= 0.3 is 0 Å². The first-order chi connectivity index (χ1) is 13.9. The van der Waals surface area contributed by atoms with Crippen molar-refractivity contribution in [3.63, 3.8) is 0 Å². The molecule has 0 N–H and O–H groups in total. The van der Waals surface area contributed by atoms with Crippen LogP contribution < -0.4 is 5.01 Å². The van der Waals surface area contributed by atoms with Crippen molar-refractivity contribution >= 4 is 32.9 Å². The van der Waals surface area contributed by atoms with Gasteiger partial charge in [-0.25, -0.2) is 0 Å². The number of para-hydroxylation sites is 1. The summed E-state index contributed by atoms with van der Waals surface area (Å²) in [6.45, 7) is 0. The molecule has 0 saturated heterocycles. The van der Waals surface area contributed by atoms with Gasteiger partial charge in [0, 0.05) is 46.7 Å². The highest BCUT2D eigenvalue weighted by atomic mass is 15.6. The fourth-order valence-electron chi connectivity index (χ4n) is 4.18. The molecule has 0 fully saturated rings. The maximum absolute atomic E-state index is 4.73. The van der Waals surface area contributed by atoms with Gasteiger partial charge in [-0.15, -0.1) is 0 Å². The number of allylic oxidation sites excluding steroid dienone is 2. The van der Waals surface area contributed by atoms with E-state index in [2.05, 4.69) is 107 Å². The SMILES string of the molecule is C1=CN2C=C(c3cccc4ncc5ccccc5c34)c3ccccc3N2C=C1. The minimum Gasteiger partial charge on any atom is -0.264 e. The predicted octanol–water partition coefficient (Wildman–Crippen LogP) is 5.86. The Morgan fingerprint density at radius 1 is 0.714 bits per heavy atom. The van der Waals surface area contributed by atoms with E-state index in [1.54, 1.807) is 0 Å². The number of hydrazine groups is 1. The second-order valence-corrected chi connectivity index (χ2v) is 7.01. The van der Waals surface area contributed by atoms with Crippen LogP contribution in [0.3, 0.4) is 0 Å². The summed E-state index contributed by atoms with van der Waals surface area (Å²) in [4.78, 5) is 4.73. The van der Waals surface area contributed by atoms with Gasteiger partial charge in [-0.05, 0) is 35.2 Å². The second-order valence-electron chi connectivity index (χ2n) is 7.01. The number of hydrogen-bond donors (Lipinski definition) is 0. The van der Waals surface area contributed by atoms with E-state index >= 15 is 0 Å². The smallest absolute Gasteiger partial charge is 0.0714 e. The zero-order valence-electron chi connectivity index (χ0n) is 15.2. The summed E-state index contributed by atoms with van der Waals surface area (Å²) in [6, 6.07) is 23.4. The first-order valence-electron chi connectivity index (χ1n) is 9.41. The quantitative estimate of drug-likeness (QED) is 0.397. The van der Waals surface area contributed by atoms with Crippen molar-refractivity contribution in [2.24, 2.45) is 0 Å². The van der Waals surface area contributed by atoms with Gasteiger partial charge in [0.15, 0.2) is 0 Å². The zero-order valence-corrected chi connectivity index (χ0v) is 15.2. The van der Waals surface area contributed by atoms with Gasteiger partial charge in [-0.2, -0.15) is 0 Å². The Labute approximate surface area is 163 Å². The molecule has 0 radical (unpaired) electrons. The van der Waals surface area contributed by atoms with Gasteiger partial charge < -0.3 is 0 Å². The monoisotopic (exact) mass is 359 g/mol. The molecule has 0 saturated carbocycles. The van der Waals surface area contributed by atoms with E-state index < -0.39 is 0 Å². The molecule has 4 aromatic rings. The Kier molecular flexibility index (Phi) is 3.17. The highest BCUT2D eigenvalue weighted by Crippen LogP contribution is 2.41. The molecule has 0 unspecified atom stereocenters. The van der Waals surface area contributed by atoms with Crippen molar-refractivity contribution in [3.8, 4) is 0 Å². The predicted molar refractivity (Wildman–Crippen MR) is 115 cm³/mol. The van der Waals surface area contributed by atoms with Crippen LogP contribution in [0.1, 0.15) is 11.1 Å². The summed E-state index contributed by atoms with van der Waals surface area (Å²) in [5.74, 6) is 0. The topological polar surface area (TPSA) is 19.4 Å². The molecule has 0 bridgehead atoms. The standard InChI is InChI=1S/C25H17N3/c1-2-9-19-18(8-1)16-26-23-12-7-11-21(25(19)23)22-17-27-14-5-6-15-28(27)24-13-4-3-10-20(22)24/h1-17H. The van der Waals surface area contributed by atoms with Gasteiger partial charge in [-0.1, -0.05) is 54.6 Å². The van der Waals surface area contributed by atoms with E-state index in [1.165, 1.54) is 33.2 Å². The van der Waals surface area contributed by atoms with Crippen molar-refractivity contribution in [2.75, 3.05) is 5.01 Å². The second kappa shape index (κ2) is 5.83. The molecule has 2 aliphatic heterocycles. The number of aromatic nitrogens is 1. The van der Waals surface area contributed by atoms with Crippen molar-refractivity contribution in [1.82, 2.24) is 9.99 Å². The average Bonchev–Trinajstić information content (AvgIpc) is 2.78. The first-order valence-corrected chi connectivity index (χ1v) is 9.41. The minimum atomic E-state index is 1.02. The molecule has 3 nitrogen and oxygen atoms in total. The van der Waals surface area contributed by atoms with E-state index in [9.17, 15) is 0 Å². The van der Waals surface area contributed by atoms with E-state index in [1.807, 2.05) is 6.20 Å². The number of nitrogens with zero attached hydrogens (tertiary/aromatic N) is 3. The van der Waals surface area contributed by atoms with Crippen LogP contribution in [-0.2, 0) is 0 Å². The van der Waals surface area contributed by atoms with E-state index in [0.29, 0.717) is 0 Å². The Hall–Kier alpha value is -3.85. The summed E-state index contributed by atoms with van der Waals surface area (Å²) in [6.07, 6.45) is 12.5. The molecular formula is C25H17N3. The average molecular weight is 359 g/mol. The highest BCUT2D eigenvalue weighted by molar-refractivity contribution is 6.12. The molecule has 6 rings (SSSR count). The Bertz CT molecular complexity index is 1330. The van der Waals surface area contributed by atoms with Crippen molar-refractivity contribution in [1.29, 1.82) is 0 Å². The molecule has 28 heavy (non-hydrogen) atoms. The number of fused-ring (bicyclic) bond motifs is 6. The molecule has 0 amide bonds. The number of rotatable bonds is 1.